The minimum absolute atomic E-state index is 0.160. The van der Waals surface area contributed by atoms with Crippen molar-refractivity contribution in [3.63, 3.8) is 0 Å². The van der Waals surface area contributed by atoms with E-state index in [-0.39, 0.29) is 5.56 Å². The summed E-state index contributed by atoms with van der Waals surface area (Å²) in [6.07, 6.45) is 1.86. The summed E-state index contributed by atoms with van der Waals surface area (Å²) >= 11 is 0. The van der Waals surface area contributed by atoms with Crippen molar-refractivity contribution < 1.29 is 13.7 Å². The average molecular weight is 264 g/mol. The summed E-state index contributed by atoms with van der Waals surface area (Å²) in [4.78, 5) is 14.7. The number of halogens is 1. The van der Waals surface area contributed by atoms with Crippen LogP contribution in [-0.4, -0.2) is 22.6 Å². The van der Waals surface area contributed by atoms with E-state index in [9.17, 15) is 9.18 Å². The molecule has 0 atom stereocenters. The summed E-state index contributed by atoms with van der Waals surface area (Å²) < 4.78 is 18.2. The van der Waals surface area contributed by atoms with Gasteiger partial charge in [-0.3, -0.25) is 4.79 Å². The maximum absolute atomic E-state index is 13.6. The van der Waals surface area contributed by atoms with E-state index in [1.165, 1.54) is 18.5 Å². The fourth-order valence-electron chi connectivity index (χ4n) is 1.57. The maximum Gasteiger partial charge on any atom is 0.248 e. The quantitative estimate of drug-likeness (QED) is 0.747. The average Bonchev–Trinajstić information content (AvgIpc) is 2.89. The Morgan fingerprint density at radius 2 is 2.32 bits per heavy atom. The highest BCUT2D eigenvalue weighted by Crippen LogP contribution is 2.10. The van der Waals surface area contributed by atoms with Gasteiger partial charge in [0.1, 0.15) is 5.82 Å². The maximum atomic E-state index is 13.6. The largest absolute Gasteiger partial charge is 0.366 e. The number of nitrogens with one attached hydrogen (secondary N) is 1. The van der Waals surface area contributed by atoms with E-state index >= 15 is 0 Å². The van der Waals surface area contributed by atoms with Crippen molar-refractivity contribution in [1.82, 2.24) is 15.5 Å². The van der Waals surface area contributed by atoms with Crippen molar-refractivity contribution in [1.29, 1.82) is 0 Å². The van der Waals surface area contributed by atoms with Gasteiger partial charge in [-0.1, -0.05) is 11.2 Å². The number of hydrogen-bond acceptors (Lipinski definition) is 5. The molecule has 0 aliphatic heterocycles. The molecule has 0 saturated heterocycles. The molecule has 0 spiro atoms. The number of nitrogens with zero attached hydrogens (tertiary/aromatic N) is 2. The molecule has 0 saturated carbocycles. The van der Waals surface area contributed by atoms with Gasteiger partial charge >= 0.3 is 0 Å². The lowest BCUT2D eigenvalue weighted by Crippen LogP contribution is -2.18. The zero-order chi connectivity index (χ0) is 13.7. The van der Waals surface area contributed by atoms with Crippen molar-refractivity contribution >= 4 is 5.91 Å². The van der Waals surface area contributed by atoms with Crippen LogP contribution in [0.2, 0.25) is 0 Å². The molecule has 0 bridgehead atoms. The van der Waals surface area contributed by atoms with Gasteiger partial charge in [-0.15, -0.1) is 0 Å². The third kappa shape index (κ3) is 3.59. The van der Waals surface area contributed by atoms with Gasteiger partial charge in [0.2, 0.25) is 12.3 Å². The van der Waals surface area contributed by atoms with Crippen LogP contribution in [0.1, 0.15) is 21.7 Å². The predicted molar refractivity (Wildman–Crippen MR) is 64.6 cm³/mol. The van der Waals surface area contributed by atoms with Crippen LogP contribution in [-0.2, 0) is 13.0 Å². The van der Waals surface area contributed by atoms with Crippen molar-refractivity contribution in [2.24, 2.45) is 5.73 Å². The van der Waals surface area contributed by atoms with E-state index in [2.05, 4.69) is 20.0 Å². The fraction of sp³-hybridized carbons (Fsp3) is 0.250. The van der Waals surface area contributed by atoms with Crippen LogP contribution in [0.15, 0.2) is 29.1 Å². The van der Waals surface area contributed by atoms with E-state index in [1.807, 2.05) is 0 Å². The number of carbonyl (C=O) groups excluding carboxylic acids is 1. The molecule has 3 N–H and O–H groups in total. The molecule has 2 aromatic rings. The summed E-state index contributed by atoms with van der Waals surface area (Å²) in [5, 5.41) is 6.71. The summed E-state index contributed by atoms with van der Waals surface area (Å²) in [5.41, 5.74) is 5.70. The van der Waals surface area contributed by atoms with Crippen molar-refractivity contribution in [2.75, 3.05) is 6.54 Å². The minimum atomic E-state index is -0.643. The standard InChI is InChI=1S/C12H13FN4O2/c13-10-5-8(12(14)18)1-2-9(10)6-15-4-3-11-16-7-19-17-11/h1-2,5,7,15H,3-4,6H2,(H2,14,18). The van der Waals surface area contributed by atoms with Crippen LogP contribution in [0.4, 0.5) is 4.39 Å². The van der Waals surface area contributed by atoms with Gasteiger partial charge in [0.05, 0.1) is 0 Å². The van der Waals surface area contributed by atoms with Gasteiger partial charge in [0.25, 0.3) is 0 Å². The first kappa shape index (κ1) is 13.2. The monoisotopic (exact) mass is 264 g/mol. The van der Waals surface area contributed by atoms with E-state index in [1.54, 1.807) is 0 Å². The second kappa shape index (κ2) is 6.05. The second-order valence-electron chi connectivity index (χ2n) is 3.94. The van der Waals surface area contributed by atoms with Crippen LogP contribution >= 0.6 is 0 Å². The third-order valence-corrected chi connectivity index (χ3v) is 2.59. The van der Waals surface area contributed by atoms with Gasteiger partial charge in [-0.25, -0.2) is 4.39 Å². The Morgan fingerprint density at radius 1 is 1.47 bits per heavy atom. The Hall–Kier alpha value is -2.28. The fourth-order valence-corrected chi connectivity index (χ4v) is 1.57. The van der Waals surface area contributed by atoms with Crippen LogP contribution in [0.25, 0.3) is 0 Å². The number of aromatic nitrogens is 2. The van der Waals surface area contributed by atoms with Gasteiger partial charge in [0, 0.05) is 30.6 Å². The number of amides is 1. The van der Waals surface area contributed by atoms with Crippen molar-refractivity contribution in [3.05, 3.63) is 47.4 Å². The first-order valence-corrected chi connectivity index (χ1v) is 5.71. The molecular weight excluding hydrogens is 251 g/mol. The number of carbonyl (C=O) groups is 1. The number of hydrogen-bond donors (Lipinski definition) is 2. The Morgan fingerprint density at radius 3 is 2.95 bits per heavy atom. The molecule has 0 aliphatic carbocycles. The molecule has 0 unspecified atom stereocenters. The lowest BCUT2D eigenvalue weighted by molar-refractivity contribution is 0.1000. The number of benzene rings is 1. The lowest BCUT2D eigenvalue weighted by Gasteiger charge is -2.06. The van der Waals surface area contributed by atoms with Crippen molar-refractivity contribution in [2.45, 2.75) is 13.0 Å². The zero-order valence-corrected chi connectivity index (χ0v) is 10.1. The number of primary amides is 1. The molecule has 1 heterocycles. The lowest BCUT2D eigenvalue weighted by atomic mass is 10.1. The molecule has 6 nitrogen and oxygen atoms in total. The first-order valence-electron chi connectivity index (χ1n) is 5.71. The zero-order valence-electron chi connectivity index (χ0n) is 10.1. The summed E-state index contributed by atoms with van der Waals surface area (Å²) in [7, 11) is 0. The molecule has 2 rings (SSSR count). The molecule has 0 aliphatic rings. The number of nitrogens with two attached hydrogens (primary N) is 1. The van der Waals surface area contributed by atoms with Gasteiger partial charge in [-0.2, -0.15) is 4.98 Å². The van der Waals surface area contributed by atoms with Crippen molar-refractivity contribution in [3.8, 4) is 0 Å². The molecule has 0 radical (unpaired) electrons. The Balaban J connectivity index is 1.84. The highest BCUT2D eigenvalue weighted by molar-refractivity contribution is 5.92. The molecule has 100 valence electrons. The van der Waals surface area contributed by atoms with E-state index in [0.29, 0.717) is 30.9 Å². The van der Waals surface area contributed by atoms with Gasteiger partial charge in [-0.05, 0) is 12.1 Å². The normalized spacial score (nSPS) is 10.6. The summed E-state index contributed by atoms with van der Waals surface area (Å²) in [6.45, 7) is 0.944. The highest BCUT2D eigenvalue weighted by atomic mass is 19.1. The van der Waals surface area contributed by atoms with Gasteiger partial charge < -0.3 is 15.6 Å². The van der Waals surface area contributed by atoms with Crippen LogP contribution in [0, 0.1) is 5.82 Å². The summed E-state index contributed by atoms with van der Waals surface area (Å²) in [6, 6.07) is 4.18. The SMILES string of the molecule is NC(=O)c1ccc(CNCCc2ncon2)c(F)c1. The predicted octanol–water partition coefficient (Wildman–Crippen LogP) is 0.640. The Kier molecular flexibility index (Phi) is 4.19. The van der Waals surface area contributed by atoms with Gasteiger partial charge in [0.15, 0.2) is 5.82 Å². The summed E-state index contributed by atoms with van der Waals surface area (Å²) in [5.74, 6) is -0.504. The molecule has 1 aromatic heterocycles. The van der Waals surface area contributed by atoms with E-state index in [0.717, 1.165) is 6.07 Å². The number of rotatable bonds is 6. The molecule has 1 amide bonds. The molecule has 0 fully saturated rings. The molecule has 7 heteroatoms. The van der Waals surface area contributed by atoms with Crippen LogP contribution in [0.3, 0.4) is 0 Å². The topological polar surface area (TPSA) is 94.0 Å². The van der Waals surface area contributed by atoms with Crippen LogP contribution < -0.4 is 11.1 Å². The van der Waals surface area contributed by atoms with Crippen LogP contribution in [0.5, 0.6) is 0 Å². The first-order chi connectivity index (χ1) is 9.16. The third-order valence-electron chi connectivity index (χ3n) is 2.59. The molecular formula is C12H13FN4O2. The Labute approximate surface area is 108 Å². The van der Waals surface area contributed by atoms with E-state index in [4.69, 9.17) is 5.73 Å². The Bertz CT molecular complexity index is 557. The molecule has 19 heavy (non-hydrogen) atoms. The molecule has 1 aromatic carbocycles. The minimum Gasteiger partial charge on any atom is -0.366 e. The smallest absolute Gasteiger partial charge is 0.248 e. The van der Waals surface area contributed by atoms with E-state index < -0.39 is 11.7 Å². The highest BCUT2D eigenvalue weighted by Gasteiger charge is 2.06. The second-order valence-corrected chi connectivity index (χ2v) is 3.94.